The number of anilines is 3. The zero-order valence-electron chi connectivity index (χ0n) is 22.1. The van der Waals surface area contributed by atoms with E-state index in [1.807, 2.05) is 13.0 Å². The standard InChI is InChI=1S/C28H35N5O4/c1-18-8-10-20(11-9-18)19(2)30-27(34)21-7-6-14-33(17-21)25-12-13-29-28(32-25)31-22-15-23(35-3)26(37-5)24(16-22)36-4/h8-13,15-16,19,21H,6-7,14,17H2,1-5H3,(H,30,34)(H,29,31,32)/t19?,21-/m0/s1. The van der Waals surface area contributed by atoms with Crippen LogP contribution in [0.1, 0.15) is 36.9 Å². The molecule has 3 aromatic rings. The number of ether oxygens (including phenoxy) is 3. The molecule has 1 aromatic heterocycles. The van der Waals surface area contributed by atoms with Gasteiger partial charge in [0, 0.05) is 37.1 Å². The first kappa shape index (κ1) is 26.1. The molecular weight excluding hydrogens is 470 g/mol. The van der Waals surface area contributed by atoms with Gasteiger partial charge in [-0.25, -0.2) is 4.98 Å². The normalized spacial score (nSPS) is 16.0. The van der Waals surface area contributed by atoms with Gasteiger partial charge in [-0.1, -0.05) is 29.8 Å². The van der Waals surface area contributed by atoms with Gasteiger partial charge in [0.25, 0.3) is 0 Å². The maximum Gasteiger partial charge on any atom is 0.229 e. The summed E-state index contributed by atoms with van der Waals surface area (Å²) in [5, 5.41) is 6.41. The lowest BCUT2D eigenvalue weighted by Gasteiger charge is -2.33. The van der Waals surface area contributed by atoms with Crippen LogP contribution in [-0.2, 0) is 4.79 Å². The van der Waals surface area contributed by atoms with Gasteiger partial charge >= 0.3 is 0 Å². The van der Waals surface area contributed by atoms with Gasteiger partial charge in [-0.2, -0.15) is 4.98 Å². The van der Waals surface area contributed by atoms with E-state index < -0.39 is 0 Å². The molecule has 2 atom stereocenters. The summed E-state index contributed by atoms with van der Waals surface area (Å²) >= 11 is 0. The number of carbonyl (C=O) groups excluding carboxylic acids is 1. The van der Waals surface area contributed by atoms with Crippen molar-refractivity contribution in [2.75, 3.05) is 44.6 Å². The number of aromatic nitrogens is 2. The molecule has 0 radical (unpaired) electrons. The Morgan fingerprint density at radius 3 is 2.41 bits per heavy atom. The summed E-state index contributed by atoms with van der Waals surface area (Å²) in [6.45, 7) is 5.52. The molecule has 1 saturated heterocycles. The molecule has 0 aliphatic carbocycles. The molecule has 196 valence electrons. The van der Waals surface area contributed by atoms with Crippen molar-refractivity contribution in [3.05, 3.63) is 59.8 Å². The summed E-state index contributed by atoms with van der Waals surface area (Å²) in [5.41, 5.74) is 3.01. The highest BCUT2D eigenvalue weighted by atomic mass is 16.5. The molecular formula is C28H35N5O4. The molecule has 1 aliphatic rings. The number of hydrogen-bond acceptors (Lipinski definition) is 8. The molecule has 1 aliphatic heterocycles. The van der Waals surface area contributed by atoms with Crippen LogP contribution in [-0.4, -0.2) is 50.3 Å². The van der Waals surface area contributed by atoms with E-state index in [0.717, 1.165) is 30.8 Å². The number of amides is 1. The van der Waals surface area contributed by atoms with Crippen molar-refractivity contribution < 1.29 is 19.0 Å². The second-order valence-electron chi connectivity index (χ2n) is 9.20. The number of benzene rings is 2. The second-order valence-corrected chi connectivity index (χ2v) is 9.20. The van der Waals surface area contributed by atoms with Gasteiger partial charge in [-0.05, 0) is 38.3 Å². The summed E-state index contributed by atoms with van der Waals surface area (Å²) in [4.78, 5) is 24.3. The van der Waals surface area contributed by atoms with Crippen molar-refractivity contribution in [2.24, 2.45) is 5.92 Å². The quantitative estimate of drug-likeness (QED) is 0.434. The van der Waals surface area contributed by atoms with Crippen LogP contribution in [0.4, 0.5) is 17.5 Å². The zero-order valence-corrected chi connectivity index (χ0v) is 22.1. The Bertz CT molecular complexity index is 1190. The highest BCUT2D eigenvalue weighted by Crippen LogP contribution is 2.40. The molecule has 0 saturated carbocycles. The predicted molar refractivity (Wildman–Crippen MR) is 144 cm³/mol. The van der Waals surface area contributed by atoms with E-state index in [1.165, 1.54) is 5.56 Å². The van der Waals surface area contributed by atoms with E-state index >= 15 is 0 Å². The highest BCUT2D eigenvalue weighted by molar-refractivity contribution is 5.80. The summed E-state index contributed by atoms with van der Waals surface area (Å²) < 4.78 is 16.3. The molecule has 2 N–H and O–H groups in total. The van der Waals surface area contributed by atoms with Crippen molar-refractivity contribution in [3.63, 3.8) is 0 Å². The molecule has 2 aromatic carbocycles. The maximum absolute atomic E-state index is 13.1. The minimum absolute atomic E-state index is 0.0446. The third kappa shape index (κ3) is 6.22. The Hall–Kier alpha value is -4.01. The van der Waals surface area contributed by atoms with Crippen molar-refractivity contribution in [1.82, 2.24) is 15.3 Å². The van der Waals surface area contributed by atoms with Crippen molar-refractivity contribution >= 4 is 23.4 Å². The Kier molecular flexibility index (Phi) is 8.32. The Morgan fingerprint density at radius 2 is 1.76 bits per heavy atom. The van der Waals surface area contributed by atoms with E-state index in [9.17, 15) is 4.79 Å². The third-order valence-electron chi connectivity index (χ3n) is 6.61. The molecule has 0 bridgehead atoms. The van der Waals surface area contributed by atoms with Crippen LogP contribution in [0, 0.1) is 12.8 Å². The van der Waals surface area contributed by atoms with Crippen LogP contribution < -0.4 is 29.7 Å². The first-order valence-electron chi connectivity index (χ1n) is 12.4. The average molecular weight is 506 g/mol. The fourth-order valence-corrected chi connectivity index (χ4v) is 4.54. The average Bonchev–Trinajstić information content (AvgIpc) is 2.93. The van der Waals surface area contributed by atoms with Crippen molar-refractivity contribution in [2.45, 2.75) is 32.7 Å². The van der Waals surface area contributed by atoms with Crippen LogP contribution >= 0.6 is 0 Å². The zero-order chi connectivity index (χ0) is 26.4. The molecule has 37 heavy (non-hydrogen) atoms. The van der Waals surface area contributed by atoms with Crippen LogP contribution in [0.5, 0.6) is 17.2 Å². The fourth-order valence-electron chi connectivity index (χ4n) is 4.54. The number of aryl methyl sites for hydroxylation is 1. The SMILES string of the molecule is COc1cc(Nc2nccc(N3CCC[C@H](C(=O)NC(C)c4ccc(C)cc4)C3)n2)cc(OC)c1OC. The van der Waals surface area contributed by atoms with Gasteiger partial charge in [0.1, 0.15) is 5.82 Å². The fraction of sp³-hybridized carbons (Fsp3) is 0.393. The molecule has 2 heterocycles. The minimum Gasteiger partial charge on any atom is -0.493 e. The monoisotopic (exact) mass is 505 g/mol. The van der Waals surface area contributed by atoms with Gasteiger partial charge < -0.3 is 29.7 Å². The van der Waals surface area contributed by atoms with Crippen LogP contribution in [0.3, 0.4) is 0 Å². The molecule has 1 fully saturated rings. The Morgan fingerprint density at radius 1 is 1.05 bits per heavy atom. The maximum atomic E-state index is 13.1. The number of piperidine rings is 1. The summed E-state index contributed by atoms with van der Waals surface area (Å²) in [6, 6.07) is 13.7. The Labute approximate surface area is 218 Å². The predicted octanol–water partition coefficient (Wildman–Crippen LogP) is 4.65. The van der Waals surface area contributed by atoms with E-state index in [1.54, 1.807) is 39.7 Å². The first-order chi connectivity index (χ1) is 17.9. The number of methoxy groups -OCH3 is 3. The van der Waals surface area contributed by atoms with E-state index in [4.69, 9.17) is 19.2 Å². The Balaban J connectivity index is 1.44. The van der Waals surface area contributed by atoms with Crippen molar-refractivity contribution in [1.29, 1.82) is 0 Å². The van der Waals surface area contributed by atoms with Crippen LogP contribution in [0.25, 0.3) is 0 Å². The number of rotatable bonds is 9. The van der Waals surface area contributed by atoms with Gasteiger partial charge in [-0.15, -0.1) is 0 Å². The van der Waals surface area contributed by atoms with Gasteiger partial charge in [0.15, 0.2) is 11.5 Å². The molecule has 0 spiro atoms. The lowest BCUT2D eigenvalue weighted by molar-refractivity contribution is -0.125. The molecule has 9 nitrogen and oxygen atoms in total. The number of hydrogen-bond donors (Lipinski definition) is 2. The smallest absolute Gasteiger partial charge is 0.229 e. The highest BCUT2D eigenvalue weighted by Gasteiger charge is 2.28. The topological polar surface area (TPSA) is 97.8 Å². The summed E-state index contributed by atoms with van der Waals surface area (Å²) in [7, 11) is 4.71. The number of carbonyl (C=O) groups is 1. The summed E-state index contributed by atoms with van der Waals surface area (Å²) in [5.74, 6) is 2.75. The number of nitrogens with zero attached hydrogens (tertiary/aromatic N) is 3. The second kappa shape index (κ2) is 11.8. The molecule has 1 amide bonds. The van der Waals surface area contributed by atoms with Gasteiger partial charge in [0.2, 0.25) is 17.6 Å². The van der Waals surface area contributed by atoms with Gasteiger partial charge in [0.05, 0.1) is 33.3 Å². The van der Waals surface area contributed by atoms with E-state index in [2.05, 4.69) is 51.7 Å². The molecule has 4 rings (SSSR count). The first-order valence-corrected chi connectivity index (χ1v) is 12.4. The minimum atomic E-state index is -0.108. The van der Waals surface area contributed by atoms with Crippen molar-refractivity contribution in [3.8, 4) is 17.2 Å². The lowest BCUT2D eigenvalue weighted by Crippen LogP contribution is -2.44. The van der Waals surface area contributed by atoms with E-state index in [-0.39, 0.29) is 17.9 Å². The van der Waals surface area contributed by atoms with E-state index in [0.29, 0.717) is 35.4 Å². The van der Waals surface area contributed by atoms with Crippen LogP contribution in [0.15, 0.2) is 48.7 Å². The summed E-state index contributed by atoms with van der Waals surface area (Å²) in [6.07, 6.45) is 3.48. The molecule has 9 heteroatoms. The third-order valence-corrected chi connectivity index (χ3v) is 6.61. The van der Waals surface area contributed by atoms with Gasteiger partial charge in [-0.3, -0.25) is 4.79 Å². The molecule has 1 unspecified atom stereocenters. The van der Waals surface area contributed by atoms with Crippen LogP contribution in [0.2, 0.25) is 0 Å². The number of nitrogens with one attached hydrogen (secondary N) is 2. The lowest BCUT2D eigenvalue weighted by atomic mass is 9.96. The largest absolute Gasteiger partial charge is 0.493 e.